The summed E-state index contributed by atoms with van der Waals surface area (Å²) in [6, 6.07) is 16.9. The lowest BCUT2D eigenvalue weighted by atomic mass is 10.0. The maximum Gasteiger partial charge on any atom is 0.289 e. The van der Waals surface area contributed by atoms with E-state index in [9.17, 15) is 19.2 Å². The zero-order valence-corrected chi connectivity index (χ0v) is 16.8. The van der Waals surface area contributed by atoms with Gasteiger partial charge in [-0.05, 0) is 17.5 Å². The van der Waals surface area contributed by atoms with Crippen molar-refractivity contribution in [3.8, 4) is 0 Å². The zero-order valence-electron chi connectivity index (χ0n) is 16.8. The minimum Gasteiger partial charge on any atom is -0.353 e. The molecule has 1 aliphatic heterocycles. The second kappa shape index (κ2) is 9.82. The molecule has 7 nitrogen and oxygen atoms in total. The number of hydrogen-bond donors (Lipinski definition) is 2. The van der Waals surface area contributed by atoms with Gasteiger partial charge in [-0.25, -0.2) is 0 Å². The number of nitrogens with zero attached hydrogens (tertiary/aromatic N) is 1. The standard InChI is InChI=1S/C23H25N3O4/c1-24-23(30)21(28)18(14-16-8-4-2-5-9-16)25-22(29)19-12-13-20(27)26(19)15-17-10-6-3-7-11-17/h2-11,18-19H,12-15H2,1H3,(H,24,30)(H,25,29)/t18?,19-/m0/s1. The van der Waals surface area contributed by atoms with Crippen LogP contribution in [0.5, 0.6) is 0 Å². The van der Waals surface area contributed by atoms with Crippen LogP contribution < -0.4 is 10.6 Å². The van der Waals surface area contributed by atoms with Crippen molar-refractivity contribution >= 4 is 23.5 Å². The summed E-state index contributed by atoms with van der Waals surface area (Å²) in [6.45, 7) is 0.324. The zero-order chi connectivity index (χ0) is 21.5. The number of likely N-dealkylation sites (N-methyl/N-ethyl adjacent to an activating group) is 1. The van der Waals surface area contributed by atoms with E-state index in [2.05, 4.69) is 10.6 Å². The topological polar surface area (TPSA) is 95.6 Å². The highest BCUT2D eigenvalue weighted by molar-refractivity contribution is 6.38. The van der Waals surface area contributed by atoms with E-state index in [4.69, 9.17) is 0 Å². The highest BCUT2D eigenvalue weighted by Gasteiger charge is 2.38. The third-order valence-corrected chi connectivity index (χ3v) is 5.19. The van der Waals surface area contributed by atoms with Gasteiger partial charge >= 0.3 is 0 Å². The van der Waals surface area contributed by atoms with E-state index >= 15 is 0 Å². The third kappa shape index (κ3) is 5.11. The summed E-state index contributed by atoms with van der Waals surface area (Å²) in [4.78, 5) is 51.4. The van der Waals surface area contributed by atoms with Crippen molar-refractivity contribution in [1.29, 1.82) is 0 Å². The van der Waals surface area contributed by atoms with E-state index in [-0.39, 0.29) is 18.7 Å². The average Bonchev–Trinajstić information content (AvgIpc) is 3.13. The summed E-state index contributed by atoms with van der Waals surface area (Å²) < 4.78 is 0. The molecule has 7 heteroatoms. The molecule has 2 atom stereocenters. The molecule has 1 fully saturated rings. The fraction of sp³-hybridized carbons (Fsp3) is 0.304. The summed E-state index contributed by atoms with van der Waals surface area (Å²) in [6.07, 6.45) is 0.847. The summed E-state index contributed by atoms with van der Waals surface area (Å²) in [7, 11) is 1.37. The minimum absolute atomic E-state index is 0.101. The number of carbonyl (C=O) groups excluding carboxylic acids is 4. The van der Waals surface area contributed by atoms with E-state index in [1.807, 2.05) is 60.7 Å². The van der Waals surface area contributed by atoms with Crippen molar-refractivity contribution in [2.45, 2.75) is 37.9 Å². The molecule has 2 N–H and O–H groups in total. The third-order valence-electron chi connectivity index (χ3n) is 5.19. The van der Waals surface area contributed by atoms with Crippen molar-refractivity contribution < 1.29 is 19.2 Å². The maximum absolute atomic E-state index is 13.0. The van der Waals surface area contributed by atoms with Crippen molar-refractivity contribution in [1.82, 2.24) is 15.5 Å². The Bertz CT molecular complexity index is 915. The Morgan fingerprint density at radius 2 is 1.60 bits per heavy atom. The highest BCUT2D eigenvalue weighted by atomic mass is 16.2. The van der Waals surface area contributed by atoms with Crippen LogP contribution in [-0.4, -0.2) is 47.5 Å². The number of likely N-dealkylation sites (tertiary alicyclic amines) is 1. The van der Waals surface area contributed by atoms with Gasteiger partial charge in [-0.3, -0.25) is 19.2 Å². The monoisotopic (exact) mass is 407 g/mol. The van der Waals surface area contributed by atoms with Crippen LogP contribution in [0.15, 0.2) is 60.7 Å². The van der Waals surface area contributed by atoms with Crippen LogP contribution in [-0.2, 0) is 32.1 Å². The van der Waals surface area contributed by atoms with Gasteiger partial charge in [-0.15, -0.1) is 0 Å². The van der Waals surface area contributed by atoms with Gasteiger partial charge in [0.2, 0.25) is 17.6 Å². The second-order valence-electron chi connectivity index (χ2n) is 7.26. The fourth-order valence-corrected chi connectivity index (χ4v) is 3.59. The molecule has 0 radical (unpaired) electrons. The first-order chi connectivity index (χ1) is 14.5. The first-order valence-electron chi connectivity index (χ1n) is 9.93. The van der Waals surface area contributed by atoms with E-state index in [0.29, 0.717) is 13.0 Å². The van der Waals surface area contributed by atoms with Crippen LogP contribution in [0, 0.1) is 0 Å². The maximum atomic E-state index is 13.0. The largest absolute Gasteiger partial charge is 0.353 e. The normalized spacial score (nSPS) is 16.8. The van der Waals surface area contributed by atoms with E-state index < -0.39 is 29.7 Å². The number of amides is 3. The van der Waals surface area contributed by atoms with Gasteiger partial charge < -0.3 is 15.5 Å². The van der Waals surface area contributed by atoms with E-state index in [1.54, 1.807) is 0 Å². The Balaban J connectivity index is 1.75. The van der Waals surface area contributed by atoms with Crippen LogP contribution in [0.1, 0.15) is 24.0 Å². The molecule has 0 aromatic heterocycles. The molecule has 0 aliphatic carbocycles. The molecular weight excluding hydrogens is 382 g/mol. The number of rotatable bonds is 8. The molecule has 2 aromatic carbocycles. The Hall–Kier alpha value is -3.48. The number of ketones is 1. The SMILES string of the molecule is CNC(=O)C(=O)C(Cc1ccccc1)NC(=O)[C@@H]1CCC(=O)N1Cc1ccccc1. The molecule has 30 heavy (non-hydrogen) atoms. The van der Waals surface area contributed by atoms with Gasteiger partial charge in [0.1, 0.15) is 12.1 Å². The molecular formula is C23H25N3O4. The summed E-state index contributed by atoms with van der Waals surface area (Å²) in [5, 5.41) is 5.03. The average molecular weight is 407 g/mol. The molecule has 156 valence electrons. The predicted octanol–water partition coefficient (Wildman–Crippen LogP) is 1.22. The quantitative estimate of drug-likeness (QED) is 0.643. The Morgan fingerprint density at radius 3 is 2.20 bits per heavy atom. The minimum atomic E-state index is -1.01. The lowest BCUT2D eigenvalue weighted by Gasteiger charge is -2.26. The smallest absolute Gasteiger partial charge is 0.289 e. The van der Waals surface area contributed by atoms with Crippen LogP contribution in [0.4, 0.5) is 0 Å². The Morgan fingerprint density at radius 1 is 1.00 bits per heavy atom. The number of carbonyl (C=O) groups is 4. The molecule has 0 bridgehead atoms. The Kier molecular flexibility index (Phi) is 6.95. The van der Waals surface area contributed by atoms with Gasteiger partial charge in [0, 0.05) is 26.4 Å². The molecule has 2 aromatic rings. The van der Waals surface area contributed by atoms with Gasteiger partial charge in [-0.2, -0.15) is 0 Å². The van der Waals surface area contributed by atoms with Gasteiger partial charge in [0.05, 0.1) is 0 Å². The van der Waals surface area contributed by atoms with Crippen molar-refractivity contribution in [2.75, 3.05) is 7.05 Å². The number of hydrogen-bond acceptors (Lipinski definition) is 4. The molecule has 0 saturated carbocycles. The molecule has 1 saturated heterocycles. The molecule has 0 spiro atoms. The summed E-state index contributed by atoms with van der Waals surface area (Å²) >= 11 is 0. The molecule has 1 heterocycles. The summed E-state index contributed by atoms with van der Waals surface area (Å²) in [5.74, 6) is -2.00. The van der Waals surface area contributed by atoms with Crippen LogP contribution in [0.2, 0.25) is 0 Å². The number of Topliss-reactive ketones (excluding diaryl/α,β-unsaturated/α-hetero) is 1. The highest BCUT2D eigenvalue weighted by Crippen LogP contribution is 2.22. The molecule has 3 rings (SSSR count). The second-order valence-corrected chi connectivity index (χ2v) is 7.26. The number of nitrogens with one attached hydrogen (secondary N) is 2. The lowest BCUT2D eigenvalue weighted by Crippen LogP contribution is -2.53. The lowest BCUT2D eigenvalue weighted by molar-refractivity contribution is -0.141. The van der Waals surface area contributed by atoms with Crippen LogP contribution >= 0.6 is 0 Å². The first kappa shape index (κ1) is 21.2. The van der Waals surface area contributed by atoms with Crippen molar-refractivity contribution in [3.05, 3.63) is 71.8 Å². The van der Waals surface area contributed by atoms with Crippen LogP contribution in [0.3, 0.4) is 0 Å². The van der Waals surface area contributed by atoms with Crippen LogP contribution in [0.25, 0.3) is 0 Å². The van der Waals surface area contributed by atoms with Gasteiger partial charge in [-0.1, -0.05) is 60.7 Å². The predicted molar refractivity (Wildman–Crippen MR) is 111 cm³/mol. The number of benzene rings is 2. The van der Waals surface area contributed by atoms with Gasteiger partial charge in [0.25, 0.3) is 5.91 Å². The molecule has 3 amide bonds. The molecule has 1 unspecified atom stereocenters. The summed E-state index contributed by atoms with van der Waals surface area (Å²) in [5.41, 5.74) is 1.75. The van der Waals surface area contributed by atoms with Crippen molar-refractivity contribution in [2.24, 2.45) is 0 Å². The fourth-order valence-electron chi connectivity index (χ4n) is 3.59. The molecule has 1 aliphatic rings. The van der Waals surface area contributed by atoms with E-state index in [0.717, 1.165) is 11.1 Å². The Labute approximate surface area is 175 Å². The van der Waals surface area contributed by atoms with Crippen molar-refractivity contribution in [3.63, 3.8) is 0 Å². The first-order valence-corrected chi connectivity index (χ1v) is 9.93. The van der Waals surface area contributed by atoms with Gasteiger partial charge in [0.15, 0.2) is 0 Å². The van der Waals surface area contributed by atoms with E-state index in [1.165, 1.54) is 11.9 Å².